The van der Waals surface area contributed by atoms with Gasteiger partial charge < -0.3 is 5.32 Å². The van der Waals surface area contributed by atoms with Gasteiger partial charge in [-0.2, -0.15) is 0 Å². The Morgan fingerprint density at radius 3 is 2.55 bits per heavy atom. The number of nitrogens with one attached hydrogen (secondary N) is 1. The third-order valence-electron chi connectivity index (χ3n) is 5.45. The Hall–Kier alpha value is -4.39. The lowest BCUT2D eigenvalue weighted by Gasteiger charge is -2.14. The van der Waals surface area contributed by atoms with Gasteiger partial charge in [0.05, 0.1) is 23.1 Å². The number of anilines is 1. The Morgan fingerprint density at radius 1 is 1.00 bits per heavy atom. The highest BCUT2D eigenvalue weighted by Crippen LogP contribution is 2.32. The van der Waals surface area contributed by atoms with Crippen molar-refractivity contribution in [1.82, 2.24) is 19.4 Å². The van der Waals surface area contributed by atoms with Crippen LogP contribution in [0.3, 0.4) is 0 Å². The van der Waals surface area contributed by atoms with E-state index in [1.165, 1.54) is 12.1 Å². The first-order chi connectivity index (χ1) is 16.1. The number of hydrogen-bond donors (Lipinski definition) is 1. The van der Waals surface area contributed by atoms with Gasteiger partial charge in [0.2, 0.25) is 5.95 Å². The molecule has 0 fully saturated rings. The third-order valence-corrected chi connectivity index (χ3v) is 5.45. The molecule has 3 aromatic heterocycles. The molecular weight excluding hydrogens is 417 g/mol. The molecule has 5 aromatic rings. The fourth-order valence-corrected chi connectivity index (χ4v) is 3.77. The van der Waals surface area contributed by atoms with Crippen LogP contribution in [0.5, 0.6) is 0 Å². The molecule has 6 nitrogen and oxygen atoms in total. The molecule has 162 valence electrons. The van der Waals surface area contributed by atoms with Crippen molar-refractivity contribution in [3.8, 4) is 22.6 Å². The topological polar surface area (TPSA) is 72.2 Å². The molecule has 2 aromatic carbocycles. The molecule has 0 spiro atoms. The van der Waals surface area contributed by atoms with Crippen molar-refractivity contribution in [2.75, 3.05) is 5.32 Å². The van der Waals surface area contributed by atoms with E-state index in [1.807, 2.05) is 47.7 Å². The minimum atomic E-state index is -0.323. The fourth-order valence-electron chi connectivity index (χ4n) is 3.77. The number of benzene rings is 2. The molecule has 0 aliphatic carbocycles. The van der Waals surface area contributed by atoms with Gasteiger partial charge in [-0.1, -0.05) is 30.3 Å². The zero-order chi connectivity index (χ0) is 22.8. The van der Waals surface area contributed by atoms with Gasteiger partial charge in [-0.3, -0.25) is 9.20 Å². The highest BCUT2D eigenvalue weighted by atomic mass is 19.1. The summed E-state index contributed by atoms with van der Waals surface area (Å²) in [5.41, 5.74) is 5.00. The molecule has 1 N–H and O–H groups in total. The molecule has 5 rings (SSSR count). The van der Waals surface area contributed by atoms with E-state index in [1.54, 1.807) is 36.7 Å². The number of carbonyl (C=O) groups is 1. The van der Waals surface area contributed by atoms with Gasteiger partial charge in [-0.05, 0) is 55.0 Å². The average molecular weight is 437 g/mol. The molecule has 0 aliphatic heterocycles. The first-order valence-corrected chi connectivity index (χ1v) is 10.5. The van der Waals surface area contributed by atoms with Crippen LogP contribution in [0.4, 0.5) is 10.3 Å². The molecule has 0 unspecified atom stereocenters. The van der Waals surface area contributed by atoms with Crippen LogP contribution in [0.2, 0.25) is 0 Å². The van der Waals surface area contributed by atoms with Crippen LogP contribution < -0.4 is 5.32 Å². The minimum absolute atomic E-state index is 0.00959. The SMILES string of the molecule is C[C@H](Nc1nccc(-c2c(-c3ccc(F)cc3)nc3cc(C=O)ccn23)n1)c1ccccc1. The molecule has 0 amide bonds. The lowest BCUT2D eigenvalue weighted by atomic mass is 10.1. The largest absolute Gasteiger partial charge is 0.348 e. The lowest BCUT2D eigenvalue weighted by Crippen LogP contribution is -2.09. The zero-order valence-electron chi connectivity index (χ0n) is 17.8. The Kier molecular flexibility index (Phi) is 5.36. The van der Waals surface area contributed by atoms with Crippen LogP contribution >= 0.6 is 0 Å². The first-order valence-electron chi connectivity index (χ1n) is 10.5. The molecule has 1 atom stereocenters. The number of fused-ring (bicyclic) bond motifs is 1. The van der Waals surface area contributed by atoms with Crippen molar-refractivity contribution in [3.05, 3.63) is 102 Å². The summed E-state index contributed by atoms with van der Waals surface area (Å²) < 4.78 is 15.4. The number of hydrogen-bond acceptors (Lipinski definition) is 5. The van der Waals surface area contributed by atoms with Crippen molar-refractivity contribution < 1.29 is 9.18 Å². The Bertz CT molecular complexity index is 1430. The van der Waals surface area contributed by atoms with Gasteiger partial charge >= 0.3 is 0 Å². The van der Waals surface area contributed by atoms with Crippen molar-refractivity contribution in [1.29, 1.82) is 0 Å². The van der Waals surface area contributed by atoms with Crippen LogP contribution in [-0.2, 0) is 0 Å². The van der Waals surface area contributed by atoms with Gasteiger partial charge in [-0.15, -0.1) is 0 Å². The lowest BCUT2D eigenvalue weighted by molar-refractivity contribution is 0.112. The Labute approximate surface area is 189 Å². The van der Waals surface area contributed by atoms with Gasteiger partial charge in [-0.25, -0.2) is 19.3 Å². The number of aldehydes is 1. The maximum atomic E-state index is 13.6. The summed E-state index contributed by atoms with van der Waals surface area (Å²) in [6, 6.07) is 21.5. The van der Waals surface area contributed by atoms with E-state index in [9.17, 15) is 9.18 Å². The molecule has 33 heavy (non-hydrogen) atoms. The second kappa shape index (κ2) is 8.63. The summed E-state index contributed by atoms with van der Waals surface area (Å²) in [5.74, 6) is 0.157. The van der Waals surface area contributed by atoms with Crippen LogP contribution in [-0.4, -0.2) is 25.6 Å². The number of aromatic nitrogens is 4. The quantitative estimate of drug-likeness (QED) is 0.351. The molecular formula is C26H20FN5O. The smallest absolute Gasteiger partial charge is 0.223 e. The average Bonchev–Trinajstić information content (AvgIpc) is 3.24. The summed E-state index contributed by atoms with van der Waals surface area (Å²) in [7, 11) is 0. The molecule has 3 heterocycles. The first kappa shape index (κ1) is 20.5. The highest BCUT2D eigenvalue weighted by molar-refractivity contribution is 5.83. The van der Waals surface area contributed by atoms with Crippen molar-refractivity contribution >= 4 is 17.9 Å². The number of carbonyl (C=O) groups excluding carboxylic acids is 1. The van der Waals surface area contributed by atoms with Crippen LogP contribution in [0.25, 0.3) is 28.3 Å². The monoisotopic (exact) mass is 437 g/mol. The van der Waals surface area contributed by atoms with Crippen LogP contribution in [0, 0.1) is 5.82 Å². The summed E-state index contributed by atoms with van der Waals surface area (Å²) in [5, 5.41) is 3.35. The normalized spacial score (nSPS) is 11.9. The van der Waals surface area contributed by atoms with Crippen molar-refractivity contribution in [2.24, 2.45) is 0 Å². The number of imidazole rings is 1. The summed E-state index contributed by atoms with van der Waals surface area (Å²) >= 11 is 0. The van der Waals surface area contributed by atoms with Crippen molar-refractivity contribution in [2.45, 2.75) is 13.0 Å². The number of nitrogens with zero attached hydrogens (tertiary/aromatic N) is 4. The van der Waals surface area contributed by atoms with Crippen molar-refractivity contribution in [3.63, 3.8) is 0 Å². The molecule has 0 saturated heterocycles. The number of pyridine rings is 1. The van der Waals surface area contributed by atoms with Gasteiger partial charge in [0, 0.05) is 23.5 Å². The Balaban J connectivity index is 1.61. The van der Waals surface area contributed by atoms with E-state index in [0.29, 0.717) is 28.5 Å². The van der Waals surface area contributed by atoms with E-state index in [0.717, 1.165) is 23.1 Å². The van der Waals surface area contributed by atoms with Gasteiger partial charge in [0.15, 0.2) is 0 Å². The predicted octanol–water partition coefficient (Wildman–Crippen LogP) is 5.58. The standard InChI is InChI=1S/C26H20FN5O/c1-17(19-5-3-2-4-6-19)29-26-28-13-11-22(30-26)25-24(20-7-9-21(27)10-8-20)31-23-15-18(16-33)12-14-32(23)25/h2-17H,1H3,(H,28,29,30)/t17-/m0/s1. The Morgan fingerprint density at radius 2 is 1.79 bits per heavy atom. The van der Waals surface area contributed by atoms with E-state index >= 15 is 0 Å². The highest BCUT2D eigenvalue weighted by Gasteiger charge is 2.18. The third kappa shape index (κ3) is 4.08. The summed E-state index contributed by atoms with van der Waals surface area (Å²) in [6.45, 7) is 2.05. The molecule has 0 saturated carbocycles. The molecule has 0 aliphatic rings. The minimum Gasteiger partial charge on any atom is -0.348 e. The van der Waals surface area contributed by atoms with Crippen LogP contribution in [0.1, 0.15) is 28.9 Å². The summed E-state index contributed by atoms with van der Waals surface area (Å²) in [6.07, 6.45) is 4.26. The van der Waals surface area contributed by atoms with E-state index in [2.05, 4.69) is 10.3 Å². The van der Waals surface area contributed by atoms with Gasteiger partial charge in [0.25, 0.3) is 0 Å². The predicted molar refractivity (Wildman–Crippen MR) is 125 cm³/mol. The summed E-state index contributed by atoms with van der Waals surface area (Å²) in [4.78, 5) is 25.2. The molecule has 7 heteroatoms. The fraction of sp³-hybridized carbons (Fsp3) is 0.0769. The van der Waals surface area contributed by atoms with Crippen LogP contribution in [0.15, 0.2) is 85.2 Å². The molecule has 0 bridgehead atoms. The maximum Gasteiger partial charge on any atom is 0.223 e. The van der Waals surface area contributed by atoms with Gasteiger partial charge in [0.1, 0.15) is 17.8 Å². The number of halogens is 1. The van der Waals surface area contributed by atoms with E-state index < -0.39 is 0 Å². The van der Waals surface area contributed by atoms with E-state index in [4.69, 9.17) is 9.97 Å². The molecule has 0 radical (unpaired) electrons. The second-order valence-corrected chi connectivity index (χ2v) is 7.66. The zero-order valence-corrected chi connectivity index (χ0v) is 17.8. The maximum absolute atomic E-state index is 13.6. The van der Waals surface area contributed by atoms with E-state index in [-0.39, 0.29) is 11.9 Å². The number of rotatable bonds is 6. The second-order valence-electron chi connectivity index (χ2n) is 7.66.